The maximum atomic E-state index is 5.17. The number of aliphatic imine (C=N–C) groups is 1. The number of benzene rings is 1. The molecule has 0 aliphatic carbocycles. The second-order valence-corrected chi connectivity index (χ2v) is 6.75. The van der Waals surface area contributed by atoms with Crippen molar-refractivity contribution < 1.29 is 4.74 Å². The quantitative estimate of drug-likeness (QED) is 0.364. The van der Waals surface area contributed by atoms with E-state index in [9.17, 15) is 0 Å². The third-order valence-electron chi connectivity index (χ3n) is 4.85. The standard InChI is InChI=1S/C21H29N5O.HI/c1-16(17-8-6-10-19(14-17)26-12-4-5-13-26)24-21(22-2)23-15-18-9-7-11-20(25-18)27-3;/h6-11,14,16H,4-5,12-13,15H2,1-3H3,(H2,22,23,24);1H. The molecule has 0 radical (unpaired) electrons. The molecule has 1 saturated heterocycles. The molecule has 7 heteroatoms. The van der Waals surface area contributed by atoms with Crippen molar-refractivity contribution in [2.24, 2.45) is 4.99 Å². The normalized spacial score (nSPS) is 15.0. The second-order valence-electron chi connectivity index (χ2n) is 6.75. The first kappa shape index (κ1) is 22.3. The van der Waals surface area contributed by atoms with Crippen LogP contribution in [0, 0.1) is 0 Å². The molecule has 0 spiro atoms. The Morgan fingerprint density at radius 2 is 1.96 bits per heavy atom. The molecule has 2 N–H and O–H groups in total. The van der Waals surface area contributed by atoms with Crippen molar-refractivity contribution in [1.29, 1.82) is 0 Å². The van der Waals surface area contributed by atoms with Crippen LogP contribution in [0.3, 0.4) is 0 Å². The summed E-state index contributed by atoms with van der Waals surface area (Å²) in [6, 6.07) is 14.7. The molecular formula is C21H30IN5O. The molecule has 0 bridgehead atoms. The highest BCUT2D eigenvalue weighted by Gasteiger charge is 2.14. The molecule has 1 aromatic carbocycles. The monoisotopic (exact) mass is 495 g/mol. The van der Waals surface area contributed by atoms with Crippen LogP contribution in [0.25, 0.3) is 0 Å². The summed E-state index contributed by atoms with van der Waals surface area (Å²) in [4.78, 5) is 11.2. The average Bonchev–Trinajstić information content (AvgIpc) is 3.26. The van der Waals surface area contributed by atoms with Crippen molar-refractivity contribution in [1.82, 2.24) is 15.6 Å². The van der Waals surface area contributed by atoms with Gasteiger partial charge < -0.3 is 20.3 Å². The minimum atomic E-state index is 0. The van der Waals surface area contributed by atoms with E-state index in [1.807, 2.05) is 18.2 Å². The number of nitrogens with one attached hydrogen (secondary N) is 2. The highest BCUT2D eigenvalue weighted by molar-refractivity contribution is 14.0. The fourth-order valence-corrected chi connectivity index (χ4v) is 3.29. The summed E-state index contributed by atoms with van der Waals surface area (Å²) in [6.07, 6.45) is 2.57. The Kier molecular flexibility index (Phi) is 8.82. The number of methoxy groups -OCH3 is 1. The van der Waals surface area contributed by atoms with E-state index in [2.05, 4.69) is 56.7 Å². The number of ether oxygens (including phenoxy) is 1. The van der Waals surface area contributed by atoms with Crippen molar-refractivity contribution >= 4 is 35.6 Å². The lowest BCUT2D eigenvalue weighted by atomic mass is 10.1. The van der Waals surface area contributed by atoms with E-state index in [0.717, 1.165) is 24.7 Å². The van der Waals surface area contributed by atoms with E-state index < -0.39 is 0 Å². The van der Waals surface area contributed by atoms with Crippen molar-refractivity contribution in [2.45, 2.75) is 32.4 Å². The van der Waals surface area contributed by atoms with Crippen LogP contribution in [0.5, 0.6) is 5.88 Å². The maximum absolute atomic E-state index is 5.17. The molecule has 28 heavy (non-hydrogen) atoms. The number of halogens is 1. The van der Waals surface area contributed by atoms with Crippen LogP contribution in [0.15, 0.2) is 47.5 Å². The Morgan fingerprint density at radius 1 is 1.21 bits per heavy atom. The number of rotatable bonds is 6. The van der Waals surface area contributed by atoms with Gasteiger partial charge in [-0.15, -0.1) is 24.0 Å². The van der Waals surface area contributed by atoms with Crippen LogP contribution in [-0.4, -0.2) is 38.2 Å². The molecular weight excluding hydrogens is 465 g/mol. The molecule has 1 atom stereocenters. The molecule has 2 heterocycles. The second kappa shape index (κ2) is 11.1. The summed E-state index contributed by atoms with van der Waals surface area (Å²) in [5.74, 6) is 1.36. The lowest BCUT2D eigenvalue weighted by Crippen LogP contribution is -2.38. The van der Waals surface area contributed by atoms with Gasteiger partial charge in [0, 0.05) is 31.9 Å². The first-order chi connectivity index (χ1) is 13.2. The third kappa shape index (κ3) is 5.98. The summed E-state index contributed by atoms with van der Waals surface area (Å²) in [7, 11) is 3.40. The zero-order valence-electron chi connectivity index (χ0n) is 16.8. The van der Waals surface area contributed by atoms with E-state index >= 15 is 0 Å². The maximum Gasteiger partial charge on any atom is 0.213 e. The van der Waals surface area contributed by atoms with Crippen molar-refractivity contribution in [2.75, 3.05) is 32.1 Å². The number of hydrogen-bond acceptors (Lipinski definition) is 4. The van der Waals surface area contributed by atoms with Gasteiger partial charge in [-0.1, -0.05) is 18.2 Å². The van der Waals surface area contributed by atoms with Gasteiger partial charge >= 0.3 is 0 Å². The molecule has 1 aromatic heterocycles. The van der Waals surface area contributed by atoms with Gasteiger partial charge in [-0.25, -0.2) is 4.98 Å². The van der Waals surface area contributed by atoms with Gasteiger partial charge in [0.05, 0.1) is 25.4 Å². The van der Waals surface area contributed by atoms with Crippen LogP contribution in [0.4, 0.5) is 5.69 Å². The highest BCUT2D eigenvalue weighted by Crippen LogP contribution is 2.23. The highest BCUT2D eigenvalue weighted by atomic mass is 127. The Balaban J connectivity index is 0.00000280. The summed E-state index contributed by atoms with van der Waals surface area (Å²) in [5, 5.41) is 6.78. The van der Waals surface area contributed by atoms with Gasteiger partial charge in [-0.2, -0.15) is 0 Å². The summed E-state index contributed by atoms with van der Waals surface area (Å²) < 4.78 is 5.17. The lowest BCUT2D eigenvalue weighted by molar-refractivity contribution is 0.396. The van der Waals surface area contributed by atoms with Gasteiger partial charge in [0.1, 0.15) is 0 Å². The summed E-state index contributed by atoms with van der Waals surface area (Å²) >= 11 is 0. The van der Waals surface area contributed by atoms with Crippen molar-refractivity contribution in [3.05, 3.63) is 53.7 Å². The van der Waals surface area contributed by atoms with Crippen LogP contribution < -0.4 is 20.3 Å². The topological polar surface area (TPSA) is 61.8 Å². The number of anilines is 1. The van der Waals surface area contributed by atoms with E-state index in [0.29, 0.717) is 12.4 Å². The van der Waals surface area contributed by atoms with E-state index in [-0.39, 0.29) is 30.0 Å². The van der Waals surface area contributed by atoms with Gasteiger partial charge in [0.2, 0.25) is 5.88 Å². The molecule has 1 aliphatic rings. The average molecular weight is 495 g/mol. The Morgan fingerprint density at radius 3 is 2.68 bits per heavy atom. The molecule has 152 valence electrons. The largest absolute Gasteiger partial charge is 0.481 e. The number of pyridine rings is 1. The van der Waals surface area contributed by atoms with E-state index in [1.165, 1.54) is 24.1 Å². The predicted molar refractivity (Wildman–Crippen MR) is 126 cm³/mol. The van der Waals surface area contributed by atoms with Gasteiger partial charge in [0.15, 0.2) is 5.96 Å². The van der Waals surface area contributed by atoms with Crippen molar-refractivity contribution in [3.8, 4) is 5.88 Å². The van der Waals surface area contributed by atoms with Gasteiger partial charge in [-0.05, 0) is 43.5 Å². The predicted octanol–water partition coefficient (Wildman–Crippen LogP) is 3.73. The van der Waals surface area contributed by atoms with Crippen molar-refractivity contribution in [3.63, 3.8) is 0 Å². The summed E-state index contributed by atoms with van der Waals surface area (Å²) in [5.41, 5.74) is 3.46. The summed E-state index contributed by atoms with van der Waals surface area (Å²) in [6.45, 7) is 5.04. The number of guanidine groups is 1. The molecule has 0 saturated carbocycles. The smallest absolute Gasteiger partial charge is 0.213 e. The third-order valence-corrected chi connectivity index (χ3v) is 4.85. The van der Waals surface area contributed by atoms with E-state index in [4.69, 9.17) is 4.74 Å². The number of nitrogens with zero attached hydrogens (tertiary/aromatic N) is 3. The molecule has 1 unspecified atom stereocenters. The molecule has 1 aliphatic heterocycles. The molecule has 3 rings (SSSR count). The Bertz CT molecular complexity index is 777. The first-order valence-electron chi connectivity index (χ1n) is 9.51. The molecule has 1 fully saturated rings. The van der Waals surface area contributed by atoms with Gasteiger partial charge in [0.25, 0.3) is 0 Å². The molecule has 6 nitrogen and oxygen atoms in total. The van der Waals surface area contributed by atoms with Crippen LogP contribution in [0.1, 0.15) is 37.1 Å². The van der Waals surface area contributed by atoms with Gasteiger partial charge in [-0.3, -0.25) is 4.99 Å². The minimum Gasteiger partial charge on any atom is -0.481 e. The fraction of sp³-hybridized carbons (Fsp3) is 0.429. The SMILES string of the molecule is CN=C(NCc1cccc(OC)n1)NC(C)c1cccc(N2CCCC2)c1.I. The van der Waals surface area contributed by atoms with Crippen LogP contribution in [-0.2, 0) is 6.54 Å². The Labute approximate surface area is 184 Å². The number of hydrogen-bond donors (Lipinski definition) is 2. The minimum absolute atomic E-state index is 0. The molecule has 2 aromatic rings. The zero-order chi connectivity index (χ0) is 19.1. The van der Waals surface area contributed by atoms with Crippen LogP contribution in [0.2, 0.25) is 0 Å². The zero-order valence-corrected chi connectivity index (χ0v) is 19.1. The number of aromatic nitrogens is 1. The fourth-order valence-electron chi connectivity index (χ4n) is 3.29. The lowest BCUT2D eigenvalue weighted by Gasteiger charge is -2.22. The van der Waals surface area contributed by atoms with Crippen LogP contribution >= 0.6 is 24.0 Å². The Hall–Kier alpha value is -2.03. The molecule has 0 amide bonds. The first-order valence-corrected chi connectivity index (χ1v) is 9.51. The van der Waals surface area contributed by atoms with E-state index in [1.54, 1.807) is 14.2 Å².